The summed E-state index contributed by atoms with van der Waals surface area (Å²) in [6.45, 7) is 3.16. The van der Waals surface area contributed by atoms with Gasteiger partial charge < -0.3 is 10.2 Å². The fourth-order valence-corrected chi connectivity index (χ4v) is 4.92. The molecular formula is C22H25BrF3N3O3S. The number of amides is 1. The Kier molecular flexibility index (Phi) is 7.62. The van der Waals surface area contributed by atoms with Gasteiger partial charge in [0.1, 0.15) is 0 Å². The van der Waals surface area contributed by atoms with Crippen molar-refractivity contribution in [2.24, 2.45) is 0 Å². The van der Waals surface area contributed by atoms with E-state index >= 15 is 0 Å². The Bertz CT molecular complexity index is 1130. The molecule has 33 heavy (non-hydrogen) atoms. The van der Waals surface area contributed by atoms with Gasteiger partial charge in [-0.1, -0.05) is 12.1 Å². The molecule has 1 atom stereocenters. The SMILES string of the molecule is CC(C(=O)NCc1ccc(C(F)(F)F)cc1N1CCCC1)c1ccc(NS(C)(=O)=O)c(Br)c1. The Morgan fingerprint density at radius 1 is 1.15 bits per heavy atom. The molecule has 11 heteroatoms. The molecule has 1 fully saturated rings. The smallest absolute Gasteiger partial charge is 0.371 e. The monoisotopic (exact) mass is 547 g/mol. The minimum atomic E-state index is -4.43. The van der Waals surface area contributed by atoms with E-state index in [4.69, 9.17) is 0 Å². The maximum absolute atomic E-state index is 13.2. The summed E-state index contributed by atoms with van der Waals surface area (Å²) in [5.74, 6) is -0.851. The Morgan fingerprint density at radius 2 is 1.82 bits per heavy atom. The summed E-state index contributed by atoms with van der Waals surface area (Å²) in [5, 5.41) is 2.82. The lowest BCUT2D eigenvalue weighted by molar-refractivity contribution is -0.137. The van der Waals surface area contributed by atoms with Gasteiger partial charge in [0.25, 0.3) is 0 Å². The maximum atomic E-state index is 13.2. The number of hydrogen-bond acceptors (Lipinski definition) is 4. The van der Waals surface area contributed by atoms with Gasteiger partial charge in [-0.2, -0.15) is 13.2 Å². The maximum Gasteiger partial charge on any atom is 0.416 e. The van der Waals surface area contributed by atoms with Crippen LogP contribution in [-0.2, 0) is 27.5 Å². The zero-order chi connectivity index (χ0) is 24.4. The van der Waals surface area contributed by atoms with Crippen LogP contribution < -0.4 is 14.9 Å². The summed E-state index contributed by atoms with van der Waals surface area (Å²) in [6, 6.07) is 8.48. The van der Waals surface area contributed by atoms with E-state index in [2.05, 4.69) is 26.0 Å². The van der Waals surface area contributed by atoms with Crippen LogP contribution in [0, 0.1) is 0 Å². The van der Waals surface area contributed by atoms with E-state index in [-0.39, 0.29) is 12.5 Å². The van der Waals surface area contributed by atoms with Gasteiger partial charge in [0.2, 0.25) is 15.9 Å². The van der Waals surface area contributed by atoms with Gasteiger partial charge in [-0.05, 0) is 71.1 Å². The number of rotatable bonds is 7. The first-order valence-electron chi connectivity index (χ1n) is 10.3. The number of carbonyl (C=O) groups is 1. The van der Waals surface area contributed by atoms with Crippen LogP contribution in [0.1, 0.15) is 42.4 Å². The van der Waals surface area contributed by atoms with E-state index in [1.54, 1.807) is 25.1 Å². The Labute approximate surface area is 199 Å². The highest BCUT2D eigenvalue weighted by Crippen LogP contribution is 2.35. The van der Waals surface area contributed by atoms with Crippen molar-refractivity contribution in [3.8, 4) is 0 Å². The zero-order valence-corrected chi connectivity index (χ0v) is 20.6. The molecule has 1 aliphatic heterocycles. The number of sulfonamides is 1. The second-order valence-electron chi connectivity index (χ2n) is 8.09. The number of anilines is 2. The number of carbonyl (C=O) groups excluding carboxylic acids is 1. The molecule has 1 saturated heterocycles. The summed E-state index contributed by atoms with van der Waals surface area (Å²) >= 11 is 3.31. The number of halogens is 4. The highest BCUT2D eigenvalue weighted by atomic mass is 79.9. The normalized spacial score (nSPS) is 15.4. The largest absolute Gasteiger partial charge is 0.416 e. The minimum Gasteiger partial charge on any atom is -0.371 e. The van der Waals surface area contributed by atoms with Crippen LogP contribution in [0.25, 0.3) is 0 Å². The van der Waals surface area contributed by atoms with Crippen molar-refractivity contribution in [1.29, 1.82) is 0 Å². The van der Waals surface area contributed by atoms with Crippen LogP contribution in [0.15, 0.2) is 40.9 Å². The first-order valence-corrected chi connectivity index (χ1v) is 13.0. The predicted molar refractivity (Wildman–Crippen MR) is 126 cm³/mol. The summed E-state index contributed by atoms with van der Waals surface area (Å²) in [6.07, 6.45) is -1.56. The lowest BCUT2D eigenvalue weighted by Crippen LogP contribution is -2.29. The highest BCUT2D eigenvalue weighted by molar-refractivity contribution is 9.10. The summed E-state index contributed by atoms with van der Waals surface area (Å²) < 4.78 is 65.4. The van der Waals surface area contributed by atoms with Crippen molar-refractivity contribution in [3.63, 3.8) is 0 Å². The molecule has 2 N–H and O–H groups in total. The van der Waals surface area contributed by atoms with Gasteiger partial charge in [0.15, 0.2) is 0 Å². The minimum absolute atomic E-state index is 0.0992. The number of benzene rings is 2. The molecule has 0 radical (unpaired) electrons. The van der Waals surface area contributed by atoms with E-state index in [9.17, 15) is 26.4 Å². The molecule has 0 aliphatic carbocycles. The first-order chi connectivity index (χ1) is 15.3. The van der Waals surface area contributed by atoms with Gasteiger partial charge in [0.05, 0.1) is 23.4 Å². The second kappa shape index (κ2) is 9.92. The first kappa shape index (κ1) is 25.4. The van der Waals surface area contributed by atoms with Crippen molar-refractivity contribution >= 4 is 43.2 Å². The molecule has 1 amide bonds. The van der Waals surface area contributed by atoms with E-state index in [0.717, 1.165) is 31.2 Å². The fourth-order valence-electron chi connectivity index (χ4n) is 3.71. The number of nitrogens with zero attached hydrogens (tertiary/aromatic N) is 1. The number of hydrogen-bond donors (Lipinski definition) is 2. The predicted octanol–water partition coefficient (Wildman–Crippen LogP) is 4.86. The van der Waals surface area contributed by atoms with Gasteiger partial charge in [-0.15, -0.1) is 0 Å². The summed E-state index contributed by atoms with van der Waals surface area (Å²) in [7, 11) is -3.45. The topological polar surface area (TPSA) is 78.5 Å². The molecule has 1 aliphatic rings. The highest BCUT2D eigenvalue weighted by Gasteiger charge is 2.32. The van der Waals surface area contributed by atoms with Gasteiger partial charge in [0, 0.05) is 29.8 Å². The third-order valence-electron chi connectivity index (χ3n) is 5.49. The lowest BCUT2D eigenvalue weighted by Gasteiger charge is -2.23. The van der Waals surface area contributed by atoms with Crippen LogP contribution in [-0.4, -0.2) is 33.7 Å². The average molecular weight is 548 g/mol. The molecule has 1 unspecified atom stereocenters. The summed E-state index contributed by atoms with van der Waals surface area (Å²) in [5.41, 5.74) is 1.42. The molecule has 1 heterocycles. The standard InChI is InChI=1S/C22H25BrF3N3O3S/c1-14(15-6-8-19(18(23)11-15)28-33(2,31)32)21(30)27-13-16-5-7-17(22(24,25)26)12-20(16)29-9-3-4-10-29/h5-8,11-12,14,28H,3-4,9-10,13H2,1-2H3,(H,27,30). The molecule has 2 aromatic rings. The van der Waals surface area contributed by atoms with Crippen molar-refractivity contribution in [2.45, 2.75) is 38.4 Å². The van der Waals surface area contributed by atoms with Crippen LogP contribution in [0.4, 0.5) is 24.5 Å². The van der Waals surface area contributed by atoms with Gasteiger partial charge in [-0.3, -0.25) is 9.52 Å². The van der Waals surface area contributed by atoms with Gasteiger partial charge in [-0.25, -0.2) is 8.42 Å². The molecule has 0 saturated carbocycles. The Morgan fingerprint density at radius 3 is 2.39 bits per heavy atom. The third-order valence-corrected chi connectivity index (χ3v) is 6.74. The molecule has 0 spiro atoms. The van der Waals surface area contributed by atoms with E-state index in [1.165, 1.54) is 6.07 Å². The van der Waals surface area contributed by atoms with Crippen LogP contribution in [0.3, 0.4) is 0 Å². The molecule has 6 nitrogen and oxygen atoms in total. The lowest BCUT2D eigenvalue weighted by atomic mass is 10.00. The van der Waals surface area contributed by atoms with E-state index < -0.39 is 27.7 Å². The molecule has 3 rings (SSSR count). The van der Waals surface area contributed by atoms with Crippen LogP contribution in [0.5, 0.6) is 0 Å². The number of alkyl halides is 3. The van der Waals surface area contributed by atoms with Crippen molar-refractivity contribution < 1.29 is 26.4 Å². The van der Waals surface area contributed by atoms with Crippen molar-refractivity contribution in [2.75, 3.05) is 29.0 Å². The van der Waals surface area contributed by atoms with E-state index in [1.807, 2.05) is 4.90 Å². The molecule has 0 aromatic heterocycles. The van der Waals surface area contributed by atoms with Crippen molar-refractivity contribution in [3.05, 3.63) is 57.6 Å². The Hall–Kier alpha value is -2.27. The van der Waals surface area contributed by atoms with E-state index in [0.29, 0.717) is 40.1 Å². The number of nitrogens with one attached hydrogen (secondary N) is 2. The van der Waals surface area contributed by atoms with Crippen LogP contribution in [0.2, 0.25) is 0 Å². The average Bonchev–Trinajstić information content (AvgIpc) is 3.26. The second-order valence-corrected chi connectivity index (χ2v) is 10.7. The van der Waals surface area contributed by atoms with Crippen molar-refractivity contribution in [1.82, 2.24) is 5.32 Å². The van der Waals surface area contributed by atoms with Gasteiger partial charge >= 0.3 is 6.18 Å². The Balaban J connectivity index is 1.74. The van der Waals surface area contributed by atoms with Crippen LogP contribution >= 0.6 is 15.9 Å². The molecule has 180 valence electrons. The quantitative estimate of drug-likeness (QED) is 0.518. The third kappa shape index (κ3) is 6.63. The zero-order valence-electron chi connectivity index (χ0n) is 18.2. The molecular weight excluding hydrogens is 523 g/mol. The fraction of sp³-hybridized carbons (Fsp3) is 0.409. The summed E-state index contributed by atoms with van der Waals surface area (Å²) in [4.78, 5) is 14.7. The molecule has 2 aromatic carbocycles. The molecule has 0 bridgehead atoms.